The molecule has 0 aromatic heterocycles. The molecule has 0 saturated heterocycles. The summed E-state index contributed by atoms with van der Waals surface area (Å²) in [6.07, 6.45) is 20.0. The van der Waals surface area contributed by atoms with Crippen LogP contribution >= 0.6 is 0 Å². The Morgan fingerprint density at radius 3 is 2.21 bits per heavy atom. The summed E-state index contributed by atoms with van der Waals surface area (Å²) in [6.45, 7) is 0. The van der Waals surface area contributed by atoms with Crippen molar-refractivity contribution in [2.75, 3.05) is 10.2 Å². The highest BCUT2D eigenvalue weighted by atomic mass is 15.3. The molecule has 6 aromatic rings. The molecule has 4 aliphatic rings. The zero-order chi connectivity index (χ0) is 35.1. The number of hydrogen-bond donors (Lipinski definition) is 2. The molecule has 4 unspecified atom stereocenters. The number of allylic oxidation sites excluding steroid dienone is 7. The fourth-order valence-corrected chi connectivity index (χ4v) is 8.46. The van der Waals surface area contributed by atoms with Crippen LogP contribution in [0.5, 0.6) is 0 Å². The smallest absolute Gasteiger partial charge is 0.145 e. The Balaban J connectivity index is 1.03. The van der Waals surface area contributed by atoms with E-state index in [2.05, 4.69) is 198 Å². The minimum atomic E-state index is -0.227. The van der Waals surface area contributed by atoms with Gasteiger partial charge in [0, 0.05) is 28.6 Å². The lowest BCUT2D eigenvalue weighted by atomic mass is 9.88. The van der Waals surface area contributed by atoms with Crippen LogP contribution in [0.1, 0.15) is 41.6 Å². The Labute approximate surface area is 310 Å². The van der Waals surface area contributed by atoms with Crippen molar-refractivity contribution in [2.45, 2.75) is 31.1 Å². The van der Waals surface area contributed by atoms with Crippen LogP contribution in [0.2, 0.25) is 0 Å². The van der Waals surface area contributed by atoms with Crippen molar-refractivity contribution in [3.8, 4) is 0 Å². The lowest BCUT2D eigenvalue weighted by Gasteiger charge is -2.32. The predicted octanol–water partition coefficient (Wildman–Crippen LogP) is 11.7. The largest absolute Gasteiger partial charge is 0.362 e. The van der Waals surface area contributed by atoms with Crippen molar-refractivity contribution >= 4 is 44.3 Å². The number of nitrogens with zero attached hydrogens (tertiary/aromatic N) is 2. The van der Waals surface area contributed by atoms with Gasteiger partial charge in [-0.25, -0.2) is 0 Å². The van der Waals surface area contributed by atoms with Gasteiger partial charge < -0.3 is 15.5 Å². The molecular weight excluding hydrogens is 645 g/mol. The summed E-state index contributed by atoms with van der Waals surface area (Å²) < 4.78 is 0. The van der Waals surface area contributed by atoms with E-state index in [0.717, 1.165) is 35.4 Å². The number of para-hydroxylation sites is 1. The van der Waals surface area contributed by atoms with Gasteiger partial charge in [-0.15, -0.1) is 0 Å². The SMILES string of the molecule is C1=CCC(C2Nc3c(ccc4ccc5cc(C6N=C(c7ccccc7)C=C(C7=CCC(c8ccccc8)C=C7)N6)ccc5c34)N2c2ccccc2)C=C1. The number of rotatable bonds is 6. The molecule has 4 heteroatoms. The van der Waals surface area contributed by atoms with Crippen molar-refractivity contribution in [1.29, 1.82) is 0 Å². The molecule has 0 spiro atoms. The molecule has 0 bridgehead atoms. The highest BCUT2D eigenvalue weighted by Gasteiger charge is 2.36. The van der Waals surface area contributed by atoms with Gasteiger partial charge in [0.25, 0.3) is 0 Å². The Kier molecular flexibility index (Phi) is 7.87. The molecule has 2 N–H and O–H groups in total. The lowest BCUT2D eigenvalue weighted by Crippen LogP contribution is -2.38. The molecule has 4 nitrogen and oxygen atoms in total. The van der Waals surface area contributed by atoms with Crippen molar-refractivity contribution in [2.24, 2.45) is 10.9 Å². The van der Waals surface area contributed by atoms with Gasteiger partial charge in [-0.05, 0) is 81.6 Å². The van der Waals surface area contributed by atoms with Gasteiger partial charge in [0.2, 0.25) is 0 Å². The number of benzene rings is 6. The van der Waals surface area contributed by atoms with E-state index in [9.17, 15) is 0 Å². The highest BCUT2D eigenvalue weighted by Crippen LogP contribution is 2.48. The van der Waals surface area contributed by atoms with E-state index in [0.29, 0.717) is 11.8 Å². The summed E-state index contributed by atoms with van der Waals surface area (Å²) in [5, 5.41) is 12.8. The van der Waals surface area contributed by atoms with Gasteiger partial charge in [0.05, 0.1) is 17.1 Å². The first-order chi connectivity index (χ1) is 26.3. The van der Waals surface area contributed by atoms with Gasteiger partial charge in [-0.2, -0.15) is 0 Å². The number of hydrogen-bond acceptors (Lipinski definition) is 4. The van der Waals surface area contributed by atoms with Crippen LogP contribution in [0.3, 0.4) is 0 Å². The molecule has 10 rings (SSSR count). The Hall–Kier alpha value is -6.39. The zero-order valence-electron chi connectivity index (χ0n) is 29.4. The Morgan fingerprint density at radius 2 is 1.43 bits per heavy atom. The van der Waals surface area contributed by atoms with Crippen LogP contribution in [-0.2, 0) is 0 Å². The minimum absolute atomic E-state index is 0.113. The molecule has 0 radical (unpaired) electrons. The normalized spacial score (nSPS) is 21.8. The fraction of sp³-hybridized carbons (Fsp3) is 0.122. The third kappa shape index (κ3) is 5.77. The maximum atomic E-state index is 5.31. The van der Waals surface area contributed by atoms with Gasteiger partial charge >= 0.3 is 0 Å². The Morgan fingerprint density at radius 1 is 0.660 bits per heavy atom. The molecule has 256 valence electrons. The molecule has 0 amide bonds. The summed E-state index contributed by atoms with van der Waals surface area (Å²) >= 11 is 0. The van der Waals surface area contributed by atoms with Gasteiger partial charge in [-0.3, -0.25) is 4.99 Å². The van der Waals surface area contributed by atoms with E-state index in [-0.39, 0.29) is 12.3 Å². The summed E-state index contributed by atoms with van der Waals surface area (Å²) in [6, 6.07) is 48.1. The summed E-state index contributed by atoms with van der Waals surface area (Å²) in [7, 11) is 0. The first-order valence-corrected chi connectivity index (χ1v) is 18.8. The molecular formula is C49H40N4. The van der Waals surface area contributed by atoms with Gasteiger partial charge in [0.1, 0.15) is 12.3 Å². The molecule has 0 saturated carbocycles. The van der Waals surface area contributed by atoms with Crippen LogP contribution in [0, 0.1) is 5.92 Å². The van der Waals surface area contributed by atoms with Gasteiger partial charge in [-0.1, -0.05) is 152 Å². The zero-order valence-corrected chi connectivity index (χ0v) is 29.4. The third-order valence-corrected chi connectivity index (χ3v) is 11.2. The predicted molar refractivity (Wildman–Crippen MR) is 222 cm³/mol. The van der Waals surface area contributed by atoms with E-state index >= 15 is 0 Å². The van der Waals surface area contributed by atoms with E-state index in [1.165, 1.54) is 49.7 Å². The summed E-state index contributed by atoms with van der Waals surface area (Å²) in [5.74, 6) is 0.735. The van der Waals surface area contributed by atoms with Crippen molar-refractivity contribution < 1.29 is 0 Å². The standard InChI is InChI=1S/C49H40N4/c1-5-13-33(14-6-1)34-21-23-36(24-22-34)44-32-43(35-15-7-2-8-16-35)50-48(51-44)40-27-29-42-39(31-40)26-25-37-28-30-45-47(46(37)42)52-49(38-17-9-3-10-18-38)53(45)41-19-11-4-12-20-41/h1-17,19-21,23-32,34,38,48-49,51-52H,18,22H2. The number of nitrogens with one attached hydrogen (secondary N) is 2. The number of anilines is 3. The number of aliphatic imine (C=N–C) groups is 1. The second-order valence-corrected chi connectivity index (χ2v) is 14.4. The quantitative estimate of drug-likeness (QED) is 0.172. The monoisotopic (exact) mass is 684 g/mol. The van der Waals surface area contributed by atoms with E-state index in [4.69, 9.17) is 4.99 Å². The van der Waals surface area contributed by atoms with Gasteiger partial charge in [0.15, 0.2) is 0 Å². The average molecular weight is 685 g/mol. The molecule has 53 heavy (non-hydrogen) atoms. The second kappa shape index (κ2) is 13.3. The van der Waals surface area contributed by atoms with E-state index in [1.54, 1.807) is 0 Å². The van der Waals surface area contributed by atoms with Crippen LogP contribution < -0.4 is 15.5 Å². The topological polar surface area (TPSA) is 39.7 Å². The van der Waals surface area contributed by atoms with Crippen LogP contribution in [0.4, 0.5) is 17.1 Å². The van der Waals surface area contributed by atoms with E-state index < -0.39 is 0 Å². The summed E-state index contributed by atoms with van der Waals surface area (Å²) in [4.78, 5) is 7.80. The van der Waals surface area contributed by atoms with Crippen molar-refractivity contribution in [3.63, 3.8) is 0 Å². The first-order valence-electron chi connectivity index (χ1n) is 18.8. The maximum absolute atomic E-state index is 5.31. The third-order valence-electron chi connectivity index (χ3n) is 11.2. The molecule has 0 fully saturated rings. The first kappa shape index (κ1) is 31.4. The number of fused-ring (bicyclic) bond motifs is 5. The fourth-order valence-electron chi connectivity index (χ4n) is 8.46. The highest BCUT2D eigenvalue weighted by molar-refractivity contribution is 6.17. The molecule has 6 aromatic carbocycles. The van der Waals surface area contributed by atoms with Crippen LogP contribution in [-0.4, -0.2) is 11.9 Å². The summed E-state index contributed by atoms with van der Waals surface area (Å²) in [5.41, 5.74) is 10.5. The van der Waals surface area contributed by atoms with Crippen LogP contribution in [0.25, 0.3) is 21.5 Å². The maximum Gasteiger partial charge on any atom is 0.145 e. The second-order valence-electron chi connectivity index (χ2n) is 14.4. The van der Waals surface area contributed by atoms with Crippen molar-refractivity contribution in [1.82, 2.24) is 5.32 Å². The van der Waals surface area contributed by atoms with Crippen molar-refractivity contribution in [3.05, 3.63) is 210 Å². The molecule has 2 aliphatic carbocycles. The molecule has 4 atom stereocenters. The van der Waals surface area contributed by atoms with E-state index in [1.807, 2.05) is 0 Å². The molecule has 2 heterocycles. The Bertz CT molecular complexity index is 2520. The lowest BCUT2D eigenvalue weighted by molar-refractivity contribution is 0.552. The average Bonchev–Trinajstić information content (AvgIpc) is 3.64. The molecule has 2 aliphatic heterocycles. The van der Waals surface area contributed by atoms with Crippen LogP contribution in [0.15, 0.2) is 198 Å². The minimum Gasteiger partial charge on any atom is -0.362 e.